The first kappa shape index (κ1) is 14.9. The summed E-state index contributed by atoms with van der Waals surface area (Å²) in [6, 6.07) is 6.65. The minimum absolute atomic E-state index is 0.0535. The quantitative estimate of drug-likeness (QED) is 0.641. The van der Waals surface area contributed by atoms with Gasteiger partial charge in [0, 0.05) is 12.6 Å². The topological polar surface area (TPSA) is 62.3 Å². The summed E-state index contributed by atoms with van der Waals surface area (Å²) in [7, 11) is 1.63. The molecule has 3 N–H and O–H groups in total. The van der Waals surface area contributed by atoms with Crippen LogP contribution >= 0.6 is 0 Å². The van der Waals surface area contributed by atoms with Gasteiger partial charge >= 0.3 is 0 Å². The number of ether oxygens (including phenoxy) is 1. The third-order valence-electron chi connectivity index (χ3n) is 4.16. The number of rotatable bonds is 5. The van der Waals surface area contributed by atoms with E-state index in [4.69, 9.17) is 15.9 Å². The zero-order valence-corrected chi connectivity index (χ0v) is 12.5. The summed E-state index contributed by atoms with van der Waals surface area (Å²) in [5.41, 5.74) is 7.46. The lowest BCUT2D eigenvalue weighted by Crippen LogP contribution is -2.38. The number of hydrogen-bond donors (Lipinski definition) is 2. The minimum atomic E-state index is 0.0535. The van der Waals surface area contributed by atoms with Gasteiger partial charge in [-0.15, -0.1) is 0 Å². The van der Waals surface area contributed by atoms with Crippen molar-refractivity contribution in [2.45, 2.75) is 45.2 Å². The lowest BCUT2D eigenvalue weighted by molar-refractivity contribution is 0.136. The highest BCUT2D eigenvalue weighted by Crippen LogP contribution is 2.25. The number of nitrogens with zero attached hydrogens (tertiary/aromatic N) is 1. The minimum Gasteiger partial charge on any atom is -0.496 e. The molecule has 1 unspecified atom stereocenters. The van der Waals surface area contributed by atoms with E-state index in [0.717, 1.165) is 6.54 Å². The van der Waals surface area contributed by atoms with Crippen molar-refractivity contribution < 1.29 is 4.74 Å². The number of likely N-dealkylation sites (tertiary alicyclic amines) is 1. The monoisotopic (exact) mass is 275 g/mol. The van der Waals surface area contributed by atoms with Crippen LogP contribution in [0.5, 0.6) is 5.75 Å². The molecule has 1 saturated heterocycles. The maximum atomic E-state index is 7.55. The third kappa shape index (κ3) is 3.31. The Morgan fingerprint density at radius 1 is 1.45 bits per heavy atom. The fourth-order valence-corrected chi connectivity index (χ4v) is 3.02. The molecule has 1 atom stereocenters. The molecule has 1 aliphatic rings. The average Bonchev–Trinajstić information content (AvgIpc) is 2.47. The van der Waals surface area contributed by atoms with Crippen LogP contribution in [-0.2, 0) is 6.54 Å². The second-order valence-electron chi connectivity index (χ2n) is 5.48. The Kier molecular flexibility index (Phi) is 5.01. The van der Waals surface area contributed by atoms with E-state index in [2.05, 4.69) is 17.9 Å². The molecule has 1 aromatic carbocycles. The largest absolute Gasteiger partial charge is 0.496 e. The molecule has 0 radical (unpaired) electrons. The molecule has 0 bridgehead atoms. The zero-order chi connectivity index (χ0) is 14.5. The molecule has 0 amide bonds. The van der Waals surface area contributed by atoms with E-state index in [1.165, 1.54) is 37.8 Å². The summed E-state index contributed by atoms with van der Waals surface area (Å²) in [5, 5.41) is 7.55. The van der Waals surface area contributed by atoms with Crippen molar-refractivity contribution in [3.63, 3.8) is 0 Å². The van der Waals surface area contributed by atoms with E-state index in [1.807, 2.05) is 12.1 Å². The molecule has 110 valence electrons. The highest BCUT2D eigenvalue weighted by Gasteiger charge is 2.21. The molecule has 1 aromatic rings. The van der Waals surface area contributed by atoms with E-state index in [1.54, 1.807) is 7.11 Å². The molecular weight excluding hydrogens is 250 g/mol. The number of nitrogens with two attached hydrogens (primary N) is 1. The van der Waals surface area contributed by atoms with Crippen molar-refractivity contribution in [3.8, 4) is 5.75 Å². The van der Waals surface area contributed by atoms with Gasteiger partial charge in [-0.2, -0.15) is 0 Å². The summed E-state index contributed by atoms with van der Waals surface area (Å²) in [5.74, 6) is 0.748. The summed E-state index contributed by atoms with van der Waals surface area (Å²) in [6.07, 6.45) is 5.16. The molecule has 20 heavy (non-hydrogen) atoms. The fraction of sp³-hybridized carbons (Fsp3) is 0.562. The van der Waals surface area contributed by atoms with E-state index in [-0.39, 0.29) is 5.84 Å². The van der Waals surface area contributed by atoms with Gasteiger partial charge in [-0.1, -0.05) is 19.4 Å². The Bertz CT molecular complexity index is 473. The first-order valence-electron chi connectivity index (χ1n) is 7.41. The third-order valence-corrected chi connectivity index (χ3v) is 4.16. The first-order valence-corrected chi connectivity index (χ1v) is 7.41. The first-order chi connectivity index (χ1) is 9.65. The number of nitrogens with one attached hydrogen (secondary N) is 1. The van der Waals surface area contributed by atoms with Gasteiger partial charge in [0.2, 0.25) is 0 Å². The van der Waals surface area contributed by atoms with Crippen molar-refractivity contribution in [1.82, 2.24) is 4.90 Å². The van der Waals surface area contributed by atoms with E-state index in [9.17, 15) is 0 Å². The van der Waals surface area contributed by atoms with Gasteiger partial charge in [0.15, 0.2) is 0 Å². The molecule has 0 spiro atoms. The Labute approximate surface area is 121 Å². The fourth-order valence-electron chi connectivity index (χ4n) is 3.02. The van der Waals surface area contributed by atoms with Crippen LogP contribution in [0.15, 0.2) is 18.2 Å². The zero-order valence-electron chi connectivity index (χ0n) is 12.5. The van der Waals surface area contributed by atoms with Crippen molar-refractivity contribution in [2.75, 3.05) is 13.7 Å². The molecule has 0 aromatic heterocycles. The summed E-state index contributed by atoms with van der Waals surface area (Å²) < 4.78 is 5.35. The van der Waals surface area contributed by atoms with Gasteiger partial charge in [0.25, 0.3) is 0 Å². The summed E-state index contributed by atoms with van der Waals surface area (Å²) in [6.45, 7) is 4.39. The second kappa shape index (κ2) is 6.75. The summed E-state index contributed by atoms with van der Waals surface area (Å²) >= 11 is 0. The molecule has 0 aliphatic carbocycles. The van der Waals surface area contributed by atoms with Gasteiger partial charge in [0.05, 0.1) is 12.7 Å². The molecule has 1 aliphatic heterocycles. The van der Waals surface area contributed by atoms with E-state index < -0.39 is 0 Å². The molecule has 1 heterocycles. The van der Waals surface area contributed by atoms with E-state index in [0.29, 0.717) is 17.4 Å². The maximum Gasteiger partial charge on any atom is 0.130 e. The Hall–Kier alpha value is -1.55. The molecule has 0 saturated carbocycles. The van der Waals surface area contributed by atoms with Crippen LogP contribution < -0.4 is 10.5 Å². The van der Waals surface area contributed by atoms with Crippen LogP contribution in [0.4, 0.5) is 0 Å². The number of nitrogen functional groups attached to an aromatic ring is 1. The smallest absolute Gasteiger partial charge is 0.130 e. The van der Waals surface area contributed by atoms with E-state index >= 15 is 0 Å². The predicted octanol–water partition coefficient (Wildman–Crippen LogP) is 2.74. The predicted molar refractivity (Wildman–Crippen MR) is 82.4 cm³/mol. The standard InChI is InChI=1S/C16H25N3O/c1-3-13-6-4-5-9-19(13)11-12-7-8-14(16(17)18)15(10-12)20-2/h7-8,10,13H,3-6,9,11H2,1-2H3,(H3,17,18). The molecule has 2 rings (SSSR count). The van der Waals surface area contributed by atoms with Crippen LogP contribution in [-0.4, -0.2) is 30.4 Å². The van der Waals surface area contributed by atoms with Crippen LogP contribution in [0.1, 0.15) is 43.7 Å². The lowest BCUT2D eigenvalue weighted by atomic mass is 9.99. The average molecular weight is 275 g/mol. The van der Waals surface area contributed by atoms with Crippen LogP contribution in [0.25, 0.3) is 0 Å². The van der Waals surface area contributed by atoms with Crippen LogP contribution in [0, 0.1) is 5.41 Å². The number of hydrogen-bond acceptors (Lipinski definition) is 3. The van der Waals surface area contributed by atoms with Crippen LogP contribution in [0.2, 0.25) is 0 Å². The lowest BCUT2D eigenvalue weighted by Gasteiger charge is -2.35. The van der Waals surface area contributed by atoms with Gasteiger partial charge in [-0.25, -0.2) is 0 Å². The van der Waals surface area contributed by atoms with Crippen LogP contribution in [0.3, 0.4) is 0 Å². The van der Waals surface area contributed by atoms with Gasteiger partial charge in [-0.3, -0.25) is 10.3 Å². The second-order valence-corrected chi connectivity index (χ2v) is 5.48. The Morgan fingerprint density at radius 3 is 2.90 bits per heavy atom. The molecule has 4 nitrogen and oxygen atoms in total. The number of amidine groups is 1. The van der Waals surface area contributed by atoms with Gasteiger partial charge < -0.3 is 10.5 Å². The van der Waals surface area contributed by atoms with Gasteiger partial charge in [0.1, 0.15) is 11.6 Å². The number of methoxy groups -OCH3 is 1. The van der Waals surface area contributed by atoms with Crippen molar-refractivity contribution >= 4 is 5.84 Å². The van der Waals surface area contributed by atoms with Crippen molar-refractivity contribution in [2.24, 2.45) is 5.73 Å². The number of benzene rings is 1. The number of piperidine rings is 1. The maximum absolute atomic E-state index is 7.55. The highest BCUT2D eigenvalue weighted by molar-refractivity contribution is 5.97. The SMILES string of the molecule is CCC1CCCCN1Cc1ccc(C(=N)N)c(OC)c1. The van der Waals surface area contributed by atoms with Crippen molar-refractivity contribution in [3.05, 3.63) is 29.3 Å². The Balaban J connectivity index is 2.14. The van der Waals surface area contributed by atoms with Gasteiger partial charge in [-0.05, 0) is 43.5 Å². The molecule has 4 heteroatoms. The Morgan fingerprint density at radius 2 is 2.25 bits per heavy atom. The summed E-state index contributed by atoms with van der Waals surface area (Å²) in [4.78, 5) is 2.56. The molecule has 1 fully saturated rings. The highest BCUT2D eigenvalue weighted by atomic mass is 16.5. The normalized spacial score (nSPS) is 19.8. The van der Waals surface area contributed by atoms with Crippen molar-refractivity contribution in [1.29, 1.82) is 5.41 Å². The molecular formula is C16H25N3O.